The van der Waals surface area contributed by atoms with Crippen LogP contribution in [0.3, 0.4) is 0 Å². The van der Waals surface area contributed by atoms with Crippen molar-refractivity contribution in [2.45, 2.75) is 40.5 Å². The van der Waals surface area contributed by atoms with Crippen molar-refractivity contribution in [2.24, 2.45) is 11.8 Å². The summed E-state index contributed by atoms with van der Waals surface area (Å²) in [5.74, 6) is 1.38. The fourth-order valence-corrected chi connectivity index (χ4v) is 2.80. The fourth-order valence-electron chi connectivity index (χ4n) is 2.80. The Hall–Kier alpha value is -1.56. The maximum Gasteiger partial charge on any atom is -0.0149 e. The molecular formula is C20H26. The lowest BCUT2D eigenvalue weighted by Crippen LogP contribution is -2.00. The predicted octanol–water partition coefficient (Wildman–Crippen LogP) is 5.75. The summed E-state index contributed by atoms with van der Waals surface area (Å²) in [7, 11) is 0. The van der Waals surface area contributed by atoms with Gasteiger partial charge in [-0.3, -0.25) is 0 Å². The summed E-state index contributed by atoms with van der Waals surface area (Å²) >= 11 is 0. The molecule has 0 nitrogen and oxygen atoms in total. The Bertz CT molecular complexity index is 498. The van der Waals surface area contributed by atoms with Crippen LogP contribution in [0.5, 0.6) is 0 Å². The number of hydrogen-bond donors (Lipinski definition) is 0. The third-order valence-corrected chi connectivity index (χ3v) is 3.58. The average Bonchev–Trinajstić information content (AvgIpc) is 2.39. The number of hydrogen-bond acceptors (Lipinski definition) is 0. The van der Waals surface area contributed by atoms with E-state index in [1.54, 1.807) is 0 Å². The zero-order chi connectivity index (χ0) is 14.5. The summed E-state index contributed by atoms with van der Waals surface area (Å²) in [6.45, 7) is 9.15. The van der Waals surface area contributed by atoms with Crippen LogP contribution in [-0.4, -0.2) is 0 Å². The molecule has 0 heterocycles. The molecule has 2 rings (SSSR count). The first-order valence-corrected chi connectivity index (χ1v) is 7.74. The minimum atomic E-state index is 0.688. The molecule has 0 fully saturated rings. The van der Waals surface area contributed by atoms with Gasteiger partial charge < -0.3 is 0 Å². The molecule has 0 radical (unpaired) electrons. The van der Waals surface area contributed by atoms with Gasteiger partial charge in [-0.15, -0.1) is 0 Å². The summed E-state index contributed by atoms with van der Waals surface area (Å²) in [6, 6.07) is 17.7. The van der Waals surface area contributed by atoms with Crippen molar-refractivity contribution in [1.29, 1.82) is 0 Å². The smallest absolute Gasteiger partial charge is 0.0149 e. The monoisotopic (exact) mass is 266 g/mol. The van der Waals surface area contributed by atoms with E-state index in [-0.39, 0.29) is 0 Å². The van der Waals surface area contributed by atoms with Crippen LogP contribution in [0.1, 0.15) is 38.8 Å². The SMILES string of the molecule is CC(C)Cc1ccccc1-c1ccccc1CC(C)C. The van der Waals surface area contributed by atoms with E-state index < -0.39 is 0 Å². The van der Waals surface area contributed by atoms with Crippen LogP contribution < -0.4 is 0 Å². The van der Waals surface area contributed by atoms with E-state index in [4.69, 9.17) is 0 Å². The third-order valence-electron chi connectivity index (χ3n) is 3.58. The lowest BCUT2D eigenvalue weighted by atomic mass is 9.89. The Morgan fingerprint density at radius 2 is 0.950 bits per heavy atom. The van der Waals surface area contributed by atoms with Crippen molar-refractivity contribution in [3.05, 3.63) is 59.7 Å². The van der Waals surface area contributed by atoms with Crippen LogP contribution in [0.15, 0.2) is 48.5 Å². The molecule has 0 heteroatoms. The van der Waals surface area contributed by atoms with E-state index >= 15 is 0 Å². The predicted molar refractivity (Wildman–Crippen MR) is 89.0 cm³/mol. The summed E-state index contributed by atoms with van der Waals surface area (Å²) in [5.41, 5.74) is 5.77. The fraction of sp³-hybridized carbons (Fsp3) is 0.400. The van der Waals surface area contributed by atoms with E-state index in [0.29, 0.717) is 11.8 Å². The second kappa shape index (κ2) is 6.74. The zero-order valence-corrected chi connectivity index (χ0v) is 13.2. The zero-order valence-electron chi connectivity index (χ0n) is 13.2. The third kappa shape index (κ3) is 3.72. The van der Waals surface area contributed by atoms with Crippen LogP contribution in [0.2, 0.25) is 0 Å². The molecule has 0 aliphatic rings. The van der Waals surface area contributed by atoms with Gasteiger partial charge in [-0.2, -0.15) is 0 Å². The Balaban J connectivity index is 2.46. The Morgan fingerprint density at radius 3 is 1.30 bits per heavy atom. The van der Waals surface area contributed by atoms with Gasteiger partial charge in [-0.1, -0.05) is 76.2 Å². The summed E-state index contributed by atoms with van der Waals surface area (Å²) in [4.78, 5) is 0. The molecule has 0 aliphatic carbocycles. The number of rotatable bonds is 5. The molecule has 20 heavy (non-hydrogen) atoms. The molecule has 106 valence electrons. The maximum atomic E-state index is 2.29. The summed E-state index contributed by atoms with van der Waals surface area (Å²) < 4.78 is 0. The van der Waals surface area contributed by atoms with E-state index in [1.807, 2.05) is 0 Å². The Morgan fingerprint density at radius 1 is 0.600 bits per heavy atom. The quantitative estimate of drug-likeness (QED) is 0.646. The van der Waals surface area contributed by atoms with Gasteiger partial charge in [0.25, 0.3) is 0 Å². The summed E-state index contributed by atoms with van der Waals surface area (Å²) in [5, 5.41) is 0. The molecule has 2 aromatic rings. The van der Waals surface area contributed by atoms with Gasteiger partial charge in [0.2, 0.25) is 0 Å². The molecule has 0 N–H and O–H groups in total. The molecule has 0 amide bonds. The van der Waals surface area contributed by atoms with Gasteiger partial charge in [0.15, 0.2) is 0 Å². The molecule has 0 saturated heterocycles. The Labute approximate surface area is 123 Å². The highest BCUT2D eigenvalue weighted by Gasteiger charge is 2.10. The van der Waals surface area contributed by atoms with E-state index in [1.165, 1.54) is 22.3 Å². The van der Waals surface area contributed by atoms with Crippen LogP contribution in [-0.2, 0) is 12.8 Å². The van der Waals surface area contributed by atoms with E-state index in [9.17, 15) is 0 Å². The molecule has 2 aromatic carbocycles. The Kier molecular flexibility index (Phi) is 5.00. The van der Waals surface area contributed by atoms with Gasteiger partial charge in [0, 0.05) is 0 Å². The van der Waals surface area contributed by atoms with Crippen molar-refractivity contribution in [3.8, 4) is 11.1 Å². The van der Waals surface area contributed by atoms with Crippen molar-refractivity contribution in [3.63, 3.8) is 0 Å². The average molecular weight is 266 g/mol. The molecular weight excluding hydrogens is 240 g/mol. The maximum absolute atomic E-state index is 2.29. The van der Waals surface area contributed by atoms with Gasteiger partial charge in [0.1, 0.15) is 0 Å². The highest BCUT2D eigenvalue weighted by Crippen LogP contribution is 2.30. The van der Waals surface area contributed by atoms with Gasteiger partial charge in [-0.25, -0.2) is 0 Å². The minimum absolute atomic E-state index is 0.688. The molecule has 0 unspecified atom stereocenters. The van der Waals surface area contributed by atoms with Crippen molar-refractivity contribution in [2.75, 3.05) is 0 Å². The van der Waals surface area contributed by atoms with Crippen LogP contribution in [0.4, 0.5) is 0 Å². The lowest BCUT2D eigenvalue weighted by Gasteiger charge is -2.16. The van der Waals surface area contributed by atoms with Gasteiger partial charge in [-0.05, 0) is 46.9 Å². The second-order valence-corrected chi connectivity index (χ2v) is 6.51. The van der Waals surface area contributed by atoms with Crippen molar-refractivity contribution < 1.29 is 0 Å². The largest absolute Gasteiger partial charge is 0.0625 e. The molecule has 0 aliphatic heterocycles. The topological polar surface area (TPSA) is 0 Å². The highest BCUT2D eigenvalue weighted by atomic mass is 14.1. The summed E-state index contributed by atoms with van der Waals surface area (Å²) in [6.07, 6.45) is 2.29. The lowest BCUT2D eigenvalue weighted by molar-refractivity contribution is 0.644. The second-order valence-electron chi connectivity index (χ2n) is 6.51. The van der Waals surface area contributed by atoms with E-state index in [2.05, 4.69) is 76.2 Å². The number of benzene rings is 2. The molecule has 0 aromatic heterocycles. The van der Waals surface area contributed by atoms with Crippen LogP contribution in [0, 0.1) is 11.8 Å². The molecule has 0 saturated carbocycles. The minimum Gasteiger partial charge on any atom is -0.0625 e. The van der Waals surface area contributed by atoms with Gasteiger partial charge in [0.05, 0.1) is 0 Å². The van der Waals surface area contributed by atoms with E-state index in [0.717, 1.165) is 12.8 Å². The van der Waals surface area contributed by atoms with Crippen molar-refractivity contribution >= 4 is 0 Å². The van der Waals surface area contributed by atoms with Gasteiger partial charge >= 0.3 is 0 Å². The van der Waals surface area contributed by atoms with Crippen LogP contribution >= 0.6 is 0 Å². The molecule has 0 atom stereocenters. The van der Waals surface area contributed by atoms with Crippen LogP contribution in [0.25, 0.3) is 11.1 Å². The first-order chi connectivity index (χ1) is 9.58. The van der Waals surface area contributed by atoms with Crippen molar-refractivity contribution in [1.82, 2.24) is 0 Å². The molecule has 0 bridgehead atoms. The highest BCUT2D eigenvalue weighted by molar-refractivity contribution is 5.70. The normalized spacial score (nSPS) is 11.3. The standard InChI is InChI=1S/C20H26/c1-15(2)13-17-9-5-7-11-19(17)20-12-8-6-10-18(20)14-16(3)4/h5-12,15-16H,13-14H2,1-4H3. The first-order valence-electron chi connectivity index (χ1n) is 7.74. The first kappa shape index (κ1) is 14.8. The molecule has 0 spiro atoms.